The average molecular weight is 283 g/mol. The largest absolute Gasteiger partial charge is 0.479 e. The Morgan fingerprint density at radius 3 is 2.74 bits per heavy atom. The van der Waals surface area contributed by atoms with E-state index < -0.39 is 11.5 Å². The molecule has 0 aromatic heterocycles. The van der Waals surface area contributed by atoms with E-state index in [4.69, 9.17) is 0 Å². The highest BCUT2D eigenvalue weighted by atomic mass is 32.2. The van der Waals surface area contributed by atoms with Crippen LogP contribution >= 0.6 is 11.8 Å². The number of anilines is 1. The Labute approximate surface area is 116 Å². The topological polar surface area (TPSA) is 49.3 Å². The molecule has 1 heterocycles. The first-order valence-corrected chi connectivity index (χ1v) is 7.33. The molecule has 1 aromatic rings. The van der Waals surface area contributed by atoms with E-state index in [9.17, 15) is 14.3 Å². The van der Waals surface area contributed by atoms with Crippen molar-refractivity contribution in [3.8, 4) is 0 Å². The minimum absolute atomic E-state index is 0.0539. The summed E-state index contributed by atoms with van der Waals surface area (Å²) < 4.78 is 13.2. The van der Waals surface area contributed by atoms with Crippen molar-refractivity contribution < 1.29 is 14.3 Å². The molecular formula is C14H18FNO2S. The molecule has 1 saturated heterocycles. The number of thioether (sulfide) groups is 1. The lowest BCUT2D eigenvalue weighted by molar-refractivity contribution is -0.142. The van der Waals surface area contributed by atoms with Crippen LogP contribution in [0.4, 0.5) is 10.1 Å². The zero-order valence-corrected chi connectivity index (χ0v) is 11.9. The molecule has 1 unspecified atom stereocenters. The molecule has 0 amide bonds. The molecule has 104 valence electrons. The maximum atomic E-state index is 13.2. The lowest BCUT2D eigenvalue weighted by Gasteiger charge is -2.42. The van der Waals surface area contributed by atoms with Crippen molar-refractivity contribution in [1.29, 1.82) is 0 Å². The van der Waals surface area contributed by atoms with E-state index in [0.717, 1.165) is 5.75 Å². The van der Waals surface area contributed by atoms with Gasteiger partial charge in [-0.25, -0.2) is 9.18 Å². The number of carboxylic acid groups (broad SMARTS) is 1. The summed E-state index contributed by atoms with van der Waals surface area (Å²) in [6, 6.07) is 5.95. The van der Waals surface area contributed by atoms with Crippen LogP contribution < -0.4 is 5.32 Å². The molecule has 1 atom stereocenters. The van der Waals surface area contributed by atoms with Gasteiger partial charge >= 0.3 is 5.97 Å². The van der Waals surface area contributed by atoms with Crippen LogP contribution in [-0.4, -0.2) is 28.1 Å². The van der Waals surface area contributed by atoms with Crippen LogP contribution in [0.3, 0.4) is 0 Å². The standard InChI is InChI=1S/C14H18FNO2S/c1-13(2)7-14(12(17)18,9-19-8-13)16-11-5-3-4-10(15)6-11/h3-6,16H,7-9H2,1-2H3,(H,17,18). The van der Waals surface area contributed by atoms with Crippen LogP contribution in [0, 0.1) is 11.2 Å². The smallest absolute Gasteiger partial charge is 0.330 e. The summed E-state index contributed by atoms with van der Waals surface area (Å²) in [4.78, 5) is 11.7. The molecule has 5 heteroatoms. The Morgan fingerprint density at radius 1 is 1.42 bits per heavy atom. The van der Waals surface area contributed by atoms with Gasteiger partial charge in [-0.2, -0.15) is 11.8 Å². The van der Waals surface area contributed by atoms with Crippen LogP contribution in [0.15, 0.2) is 24.3 Å². The van der Waals surface area contributed by atoms with Crippen molar-refractivity contribution in [1.82, 2.24) is 0 Å². The molecular weight excluding hydrogens is 265 g/mol. The summed E-state index contributed by atoms with van der Waals surface area (Å²) >= 11 is 1.62. The highest BCUT2D eigenvalue weighted by Gasteiger charge is 2.46. The lowest BCUT2D eigenvalue weighted by atomic mass is 9.79. The summed E-state index contributed by atoms with van der Waals surface area (Å²) in [6.45, 7) is 4.12. The van der Waals surface area contributed by atoms with Gasteiger partial charge in [0.1, 0.15) is 11.4 Å². The van der Waals surface area contributed by atoms with Gasteiger partial charge in [0.15, 0.2) is 0 Å². The second-order valence-corrected chi connectivity index (χ2v) is 6.84. The van der Waals surface area contributed by atoms with E-state index >= 15 is 0 Å². The fourth-order valence-corrected chi connectivity index (χ4v) is 3.94. The van der Waals surface area contributed by atoms with Crippen molar-refractivity contribution in [2.45, 2.75) is 25.8 Å². The maximum absolute atomic E-state index is 13.2. The summed E-state index contributed by atoms with van der Waals surface area (Å²) in [7, 11) is 0. The predicted molar refractivity (Wildman–Crippen MR) is 76.1 cm³/mol. The third-order valence-corrected chi connectivity index (χ3v) is 4.92. The van der Waals surface area contributed by atoms with Crippen LogP contribution in [0.25, 0.3) is 0 Å². The number of hydrogen-bond acceptors (Lipinski definition) is 3. The minimum Gasteiger partial charge on any atom is -0.479 e. The molecule has 3 nitrogen and oxygen atoms in total. The van der Waals surface area contributed by atoms with Crippen LogP contribution in [0.1, 0.15) is 20.3 Å². The molecule has 0 radical (unpaired) electrons. The number of carboxylic acids is 1. The van der Waals surface area contributed by atoms with Gasteiger partial charge in [-0.15, -0.1) is 0 Å². The van der Waals surface area contributed by atoms with Crippen molar-refractivity contribution in [2.75, 3.05) is 16.8 Å². The van der Waals surface area contributed by atoms with Gasteiger partial charge in [0.25, 0.3) is 0 Å². The van der Waals surface area contributed by atoms with E-state index in [-0.39, 0.29) is 11.2 Å². The van der Waals surface area contributed by atoms with Gasteiger partial charge in [-0.05, 0) is 35.8 Å². The first kappa shape index (κ1) is 14.2. The molecule has 0 bridgehead atoms. The van der Waals surface area contributed by atoms with Crippen molar-refractivity contribution in [3.05, 3.63) is 30.1 Å². The van der Waals surface area contributed by atoms with Crippen molar-refractivity contribution in [2.24, 2.45) is 5.41 Å². The van der Waals surface area contributed by atoms with Crippen molar-refractivity contribution in [3.63, 3.8) is 0 Å². The molecule has 1 fully saturated rings. The second kappa shape index (κ2) is 5.04. The molecule has 1 aliphatic heterocycles. The molecule has 0 aliphatic carbocycles. The third-order valence-electron chi connectivity index (χ3n) is 3.24. The van der Waals surface area contributed by atoms with Crippen LogP contribution in [-0.2, 0) is 4.79 Å². The fraction of sp³-hybridized carbons (Fsp3) is 0.500. The summed E-state index contributed by atoms with van der Waals surface area (Å²) in [6.07, 6.45) is 0.527. The fourth-order valence-electron chi connectivity index (χ4n) is 2.53. The van der Waals surface area contributed by atoms with Crippen LogP contribution in [0.2, 0.25) is 0 Å². The SMILES string of the molecule is CC1(C)CSCC(Nc2cccc(F)c2)(C(=O)O)C1. The van der Waals surface area contributed by atoms with Gasteiger partial charge < -0.3 is 10.4 Å². The van der Waals surface area contributed by atoms with Gasteiger partial charge in [-0.1, -0.05) is 19.9 Å². The third kappa shape index (κ3) is 3.21. The van der Waals surface area contributed by atoms with E-state index in [1.807, 2.05) is 0 Å². The molecule has 1 aliphatic rings. The monoisotopic (exact) mass is 283 g/mol. The Bertz CT molecular complexity index is 492. The van der Waals surface area contributed by atoms with E-state index in [0.29, 0.717) is 17.9 Å². The summed E-state index contributed by atoms with van der Waals surface area (Å²) in [5, 5.41) is 12.6. The van der Waals surface area contributed by atoms with E-state index in [1.54, 1.807) is 23.9 Å². The normalized spacial score (nSPS) is 25.8. The zero-order chi connectivity index (χ0) is 14.1. The van der Waals surface area contributed by atoms with Gasteiger partial charge in [0.05, 0.1) is 0 Å². The van der Waals surface area contributed by atoms with E-state index in [1.165, 1.54) is 12.1 Å². The number of hydrogen-bond donors (Lipinski definition) is 2. The zero-order valence-electron chi connectivity index (χ0n) is 11.1. The molecule has 1 aromatic carbocycles. The Balaban J connectivity index is 2.28. The number of carbonyl (C=O) groups is 1. The first-order valence-electron chi connectivity index (χ1n) is 6.18. The number of benzene rings is 1. The van der Waals surface area contributed by atoms with E-state index in [2.05, 4.69) is 19.2 Å². The lowest BCUT2D eigenvalue weighted by Crippen LogP contribution is -2.54. The highest BCUT2D eigenvalue weighted by Crippen LogP contribution is 2.41. The number of aliphatic carboxylic acids is 1. The van der Waals surface area contributed by atoms with Gasteiger partial charge in [-0.3, -0.25) is 0 Å². The minimum atomic E-state index is -1.03. The Morgan fingerprint density at radius 2 is 2.16 bits per heavy atom. The molecule has 2 rings (SSSR count). The number of halogens is 1. The van der Waals surface area contributed by atoms with Crippen molar-refractivity contribution >= 4 is 23.4 Å². The summed E-state index contributed by atoms with van der Waals surface area (Å²) in [5.74, 6) is 0.181. The Hall–Kier alpha value is -1.23. The van der Waals surface area contributed by atoms with Gasteiger partial charge in [0, 0.05) is 11.4 Å². The number of nitrogens with one attached hydrogen (secondary N) is 1. The summed E-state index contributed by atoms with van der Waals surface area (Å²) in [5.41, 5.74) is -0.567. The number of rotatable bonds is 3. The highest BCUT2D eigenvalue weighted by molar-refractivity contribution is 7.99. The maximum Gasteiger partial charge on any atom is 0.330 e. The first-order chi connectivity index (χ1) is 8.83. The molecule has 19 heavy (non-hydrogen) atoms. The molecule has 2 N–H and O–H groups in total. The average Bonchev–Trinajstić information content (AvgIpc) is 2.27. The van der Waals surface area contributed by atoms with Gasteiger partial charge in [0.2, 0.25) is 0 Å². The Kier molecular flexibility index (Phi) is 3.76. The predicted octanol–water partition coefficient (Wildman–Crippen LogP) is 3.22. The quantitative estimate of drug-likeness (QED) is 0.894. The van der Waals surface area contributed by atoms with Crippen LogP contribution in [0.5, 0.6) is 0 Å². The molecule has 0 saturated carbocycles. The second-order valence-electron chi connectivity index (χ2n) is 5.86. The molecule has 0 spiro atoms.